The molecule has 8 nitrogen and oxygen atoms in total. The standard InChI is InChI=1S/C18H30N2O2Si.C18H28N2O2Si/c2*1-14(2)17-12-16(20-3)11-15(18(17)19)7-8-21-13-22-9-10-23(4,5)6/h11-12,14H,7-10,13,19H2,1-2,4-6H3;11-12H,1,7-10,13,19H2,2,4-6H3. The van der Waals surface area contributed by atoms with Crippen molar-refractivity contribution in [2.24, 2.45) is 0 Å². The molecule has 2 rings (SSSR count). The number of nitrogens with zero attached hydrogens (tertiary/aromatic N) is 2. The van der Waals surface area contributed by atoms with Crippen molar-refractivity contribution in [1.29, 1.82) is 0 Å². The van der Waals surface area contributed by atoms with Crippen LogP contribution >= 0.6 is 0 Å². The fraction of sp³-hybridized carbons (Fsp3) is 0.556. The number of anilines is 2. The SMILES string of the molecule is [C-]#[N+]c1cc(CCOCOCC[Si](C)(C)C)c(N)c(C(=C)C)c1.[C-]#[N+]c1cc(CCOCOCC[Si](C)(C)C)c(N)c(C(C)C)c1. The molecule has 0 aliphatic rings. The number of nitrogens with two attached hydrogens (primary N) is 2. The molecular weight excluding hydrogens is 609 g/mol. The van der Waals surface area contributed by atoms with Gasteiger partial charge in [0.25, 0.3) is 0 Å². The van der Waals surface area contributed by atoms with E-state index >= 15 is 0 Å². The van der Waals surface area contributed by atoms with Crippen molar-refractivity contribution in [3.05, 3.63) is 75.9 Å². The van der Waals surface area contributed by atoms with Gasteiger partial charge in [0.15, 0.2) is 11.4 Å². The molecule has 0 aromatic heterocycles. The molecule has 4 N–H and O–H groups in total. The number of ether oxygens (including phenoxy) is 4. The fourth-order valence-corrected chi connectivity index (χ4v) is 5.78. The van der Waals surface area contributed by atoms with Gasteiger partial charge in [0, 0.05) is 40.7 Å². The van der Waals surface area contributed by atoms with Crippen LogP contribution in [0.2, 0.25) is 51.4 Å². The summed E-state index contributed by atoms with van der Waals surface area (Å²) in [6.07, 6.45) is 1.36. The Balaban J connectivity index is 0.000000460. The van der Waals surface area contributed by atoms with Crippen LogP contribution in [0.5, 0.6) is 0 Å². The maximum absolute atomic E-state index is 7.22. The maximum Gasteiger partial charge on any atom is 0.188 e. The van der Waals surface area contributed by atoms with E-state index in [0.29, 0.717) is 62.6 Å². The Morgan fingerprint density at radius 1 is 0.717 bits per heavy atom. The van der Waals surface area contributed by atoms with E-state index in [1.807, 2.05) is 25.1 Å². The zero-order chi connectivity index (χ0) is 34.9. The predicted molar refractivity (Wildman–Crippen MR) is 200 cm³/mol. The van der Waals surface area contributed by atoms with Crippen LogP contribution in [-0.4, -0.2) is 56.2 Å². The highest BCUT2D eigenvalue weighted by Gasteiger charge is 2.14. The molecule has 0 fully saturated rings. The van der Waals surface area contributed by atoms with Gasteiger partial charge in [-0.05, 0) is 66.1 Å². The van der Waals surface area contributed by atoms with E-state index in [1.165, 1.54) is 0 Å². The molecule has 0 aliphatic heterocycles. The van der Waals surface area contributed by atoms with Crippen molar-refractivity contribution < 1.29 is 18.9 Å². The van der Waals surface area contributed by atoms with Gasteiger partial charge >= 0.3 is 0 Å². The van der Waals surface area contributed by atoms with Gasteiger partial charge in [0.05, 0.1) is 26.4 Å². The zero-order valence-corrected chi connectivity index (χ0v) is 31.8. The van der Waals surface area contributed by atoms with Crippen LogP contribution < -0.4 is 11.5 Å². The lowest BCUT2D eigenvalue weighted by atomic mass is 9.96. The number of hydrogen-bond donors (Lipinski definition) is 2. The summed E-state index contributed by atoms with van der Waals surface area (Å²) in [6, 6.07) is 9.64. The minimum atomic E-state index is -1.05. The molecule has 0 radical (unpaired) electrons. The highest BCUT2D eigenvalue weighted by molar-refractivity contribution is 6.76. The van der Waals surface area contributed by atoms with E-state index in [1.54, 1.807) is 6.07 Å². The Bertz CT molecular complexity index is 1340. The minimum Gasteiger partial charge on any atom is -0.398 e. The summed E-state index contributed by atoms with van der Waals surface area (Å²) in [5, 5.41) is 0. The largest absolute Gasteiger partial charge is 0.398 e. The van der Waals surface area contributed by atoms with E-state index in [9.17, 15) is 0 Å². The number of allylic oxidation sites excluding steroid dienone is 1. The van der Waals surface area contributed by atoms with E-state index in [2.05, 4.69) is 69.4 Å². The summed E-state index contributed by atoms with van der Waals surface area (Å²) in [6.45, 7) is 41.6. The topological polar surface area (TPSA) is 97.7 Å². The van der Waals surface area contributed by atoms with Gasteiger partial charge in [-0.2, -0.15) is 0 Å². The van der Waals surface area contributed by atoms with Crippen LogP contribution in [-0.2, 0) is 31.8 Å². The Labute approximate surface area is 281 Å². The van der Waals surface area contributed by atoms with Crippen LogP contribution in [0.1, 0.15) is 48.9 Å². The van der Waals surface area contributed by atoms with Crippen LogP contribution in [0.4, 0.5) is 22.7 Å². The van der Waals surface area contributed by atoms with Gasteiger partial charge in [0.1, 0.15) is 13.6 Å². The van der Waals surface area contributed by atoms with E-state index in [4.69, 9.17) is 43.6 Å². The lowest BCUT2D eigenvalue weighted by Crippen LogP contribution is -2.22. The van der Waals surface area contributed by atoms with Crippen molar-refractivity contribution in [3.8, 4) is 0 Å². The van der Waals surface area contributed by atoms with Gasteiger partial charge in [-0.15, -0.1) is 0 Å². The number of hydrogen-bond acceptors (Lipinski definition) is 6. The molecule has 10 heteroatoms. The predicted octanol–water partition coefficient (Wildman–Crippen LogP) is 9.54. The average molecular weight is 667 g/mol. The maximum atomic E-state index is 7.22. The molecule has 0 bridgehead atoms. The van der Waals surface area contributed by atoms with E-state index < -0.39 is 16.1 Å². The first-order valence-corrected chi connectivity index (χ1v) is 23.5. The molecular formula is C36H58N4O4Si2. The molecule has 0 aliphatic carbocycles. The summed E-state index contributed by atoms with van der Waals surface area (Å²) in [5.41, 5.74) is 19.8. The third-order valence-electron chi connectivity index (χ3n) is 7.23. The molecule has 0 atom stereocenters. The van der Waals surface area contributed by atoms with Gasteiger partial charge in [0.2, 0.25) is 0 Å². The van der Waals surface area contributed by atoms with Crippen molar-refractivity contribution in [2.75, 3.05) is 51.5 Å². The Kier molecular flexibility index (Phi) is 18.1. The quantitative estimate of drug-likeness (QED) is 0.0541. The lowest BCUT2D eigenvalue weighted by molar-refractivity contribution is -0.0485. The second-order valence-electron chi connectivity index (χ2n) is 14.3. The van der Waals surface area contributed by atoms with Gasteiger partial charge < -0.3 is 30.4 Å². The minimum absolute atomic E-state index is 0.306. The second-order valence-corrected chi connectivity index (χ2v) is 25.6. The van der Waals surface area contributed by atoms with E-state index in [-0.39, 0.29) is 0 Å². The third kappa shape index (κ3) is 16.6. The summed E-state index contributed by atoms with van der Waals surface area (Å²) in [5.74, 6) is 0.307. The zero-order valence-electron chi connectivity index (χ0n) is 29.8. The van der Waals surface area contributed by atoms with Gasteiger partial charge in [-0.3, -0.25) is 0 Å². The molecule has 0 saturated heterocycles. The van der Waals surface area contributed by atoms with Crippen LogP contribution in [0.25, 0.3) is 15.3 Å². The number of nitrogen functional groups attached to an aromatic ring is 2. The lowest BCUT2D eigenvalue weighted by Gasteiger charge is -2.16. The first kappa shape index (κ1) is 41.1. The fourth-order valence-electron chi connectivity index (χ4n) is 4.26. The Hall–Kier alpha value is -2.97. The Morgan fingerprint density at radius 3 is 1.52 bits per heavy atom. The first-order chi connectivity index (χ1) is 21.5. The van der Waals surface area contributed by atoms with Gasteiger partial charge in [-0.25, -0.2) is 9.69 Å². The summed E-state index contributed by atoms with van der Waals surface area (Å²) >= 11 is 0. The van der Waals surface area contributed by atoms with Crippen molar-refractivity contribution in [3.63, 3.8) is 0 Å². The molecule has 0 saturated carbocycles. The molecule has 0 spiro atoms. The molecule has 254 valence electrons. The van der Waals surface area contributed by atoms with Crippen LogP contribution in [0.15, 0.2) is 30.8 Å². The summed E-state index contributed by atoms with van der Waals surface area (Å²) in [4.78, 5) is 7.04. The van der Waals surface area contributed by atoms with Crippen LogP contribution in [0.3, 0.4) is 0 Å². The first-order valence-electron chi connectivity index (χ1n) is 16.1. The molecule has 0 heterocycles. The van der Waals surface area contributed by atoms with Crippen molar-refractivity contribution in [1.82, 2.24) is 0 Å². The number of rotatable bonds is 18. The summed E-state index contributed by atoms with van der Waals surface area (Å²) in [7, 11) is -2.09. The highest BCUT2D eigenvalue weighted by atomic mass is 28.3. The molecule has 0 amide bonds. The van der Waals surface area contributed by atoms with Gasteiger partial charge in [-0.1, -0.05) is 83.5 Å². The monoisotopic (exact) mass is 666 g/mol. The molecule has 46 heavy (non-hydrogen) atoms. The average Bonchev–Trinajstić information content (AvgIpc) is 2.96. The Morgan fingerprint density at radius 2 is 1.13 bits per heavy atom. The highest BCUT2D eigenvalue weighted by Crippen LogP contribution is 2.31. The van der Waals surface area contributed by atoms with Crippen LogP contribution in [0, 0.1) is 13.1 Å². The third-order valence-corrected chi connectivity index (χ3v) is 10.6. The normalized spacial score (nSPS) is 11.5. The molecule has 2 aromatic rings. The number of benzene rings is 2. The second kappa shape index (κ2) is 20.3. The molecule has 0 unspecified atom stereocenters. The molecule has 2 aromatic carbocycles. The van der Waals surface area contributed by atoms with E-state index in [0.717, 1.165) is 58.8 Å². The van der Waals surface area contributed by atoms with Crippen molar-refractivity contribution >= 4 is 44.5 Å². The summed E-state index contributed by atoms with van der Waals surface area (Å²) < 4.78 is 22.1. The smallest absolute Gasteiger partial charge is 0.188 e. The van der Waals surface area contributed by atoms with Crippen molar-refractivity contribution in [2.45, 2.75) is 90.9 Å².